The lowest BCUT2D eigenvalue weighted by molar-refractivity contribution is -0.141. The quantitative estimate of drug-likeness (QED) is 0.657. The Hall–Kier alpha value is -0.570. The third-order valence-electron chi connectivity index (χ3n) is 1.73. The Kier molecular flexibility index (Phi) is 4.24. The zero-order valence-corrected chi connectivity index (χ0v) is 8.60. The molecule has 0 aromatic heterocycles. The van der Waals surface area contributed by atoms with Crippen molar-refractivity contribution < 1.29 is 9.63 Å². The van der Waals surface area contributed by atoms with Crippen LogP contribution in [0, 0.1) is 11.3 Å². The molecule has 0 aliphatic carbocycles. The molecule has 1 N–H and O–H groups in total. The Morgan fingerprint density at radius 1 is 1.50 bits per heavy atom. The molecule has 0 unspecified atom stereocenters. The van der Waals surface area contributed by atoms with Crippen LogP contribution >= 0.6 is 0 Å². The molecule has 0 bridgehead atoms. The molecule has 0 fully saturated rings. The van der Waals surface area contributed by atoms with Crippen LogP contribution < -0.4 is 5.48 Å². The van der Waals surface area contributed by atoms with Crippen molar-refractivity contribution in [3.8, 4) is 0 Å². The predicted octanol–water partition coefficient (Wildman–Crippen LogP) is 1.74. The van der Waals surface area contributed by atoms with Crippen LogP contribution in [0.1, 0.15) is 34.1 Å². The van der Waals surface area contributed by atoms with Crippen LogP contribution in [0.3, 0.4) is 0 Å². The minimum atomic E-state index is -0.343. The topological polar surface area (TPSA) is 38.3 Å². The number of hydrogen-bond donors (Lipinski definition) is 1. The highest BCUT2D eigenvalue weighted by Gasteiger charge is 2.28. The summed E-state index contributed by atoms with van der Waals surface area (Å²) in [5.74, 6) is 0.460. The van der Waals surface area contributed by atoms with Gasteiger partial charge in [-0.1, -0.05) is 27.7 Å². The molecule has 0 spiro atoms. The van der Waals surface area contributed by atoms with Gasteiger partial charge in [0.05, 0.1) is 7.11 Å². The van der Waals surface area contributed by atoms with E-state index in [-0.39, 0.29) is 11.3 Å². The monoisotopic (exact) mass is 173 g/mol. The standard InChI is InChI=1S/C9H19NO2/c1-7(2)6-9(3,4)8(11)10-12-5/h7H,6H2,1-5H3,(H,10,11). The van der Waals surface area contributed by atoms with E-state index in [1.807, 2.05) is 13.8 Å². The molecule has 1 amide bonds. The number of rotatable bonds is 4. The average molecular weight is 173 g/mol. The van der Waals surface area contributed by atoms with E-state index in [4.69, 9.17) is 0 Å². The normalized spacial score (nSPS) is 11.8. The summed E-state index contributed by atoms with van der Waals surface area (Å²) in [6.45, 7) is 8.03. The molecule has 0 rings (SSSR count). The van der Waals surface area contributed by atoms with Gasteiger partial charge in [0.15, 0.2) is 0 Å². The van der Waals surface area contributed by atoms with Crippen molar-refractivity contribution in [2.75, 3.05) is 7.11 Å². The molecule has 0 heterocycles. The van der Waals surface area contributed by atoms with Gasteiger partial charge in [0, 0.05) is 5.41 Å². The first-order chi connectivity index (χ1) is 5.40. The Balaban J connectivity index is 4.09. The Morgan fingerprint density at radius 3 is 2.33 bits per heavy atom. The van der Waals surface area contributed by atoms with E-state index in [0.717, 1.165) is 6.42 Å². The van der Waals surface area contributed by atoms with Gasteiger partial charge in [0.25, 0.3) is 0 Å². The van der Waals surface area contributed by atoms with Gasteiger partial charge in [-0.2, -0.15) is 0 Å². The molecule has 0 aliphatic heterocycles. The van der Waals surface area contributed by atoms with Gasteiger partial charge < -0.3 is 0 Å². The van der Waals surface area contributed by atoms with E-state index >= 15 is 0 Å². The van der Waals surface area contributed by atoms with Crippen LogP contribution in [0.4, 0.5) is 0 Å². The third-order valence-corrected chi connectivity index (χ3v) is 1.73. The first-order valence-corrected chi connectivity index (χ1v) is 4.23. The summed E-state index contributed by atoms with van der Waals surface area (Å²) in [6.07, 6.45) is 0.863. The van der Waals surface area contributed by atoms with Crippen LogP contribution in [0.15, 0.2) is 0 Å². The Labute approximate surface area is 74.4 Å². The second-order valence-corrected chi connectivity index (χ2v) is 4.12. The van der Waals surface area contributed by atoms with Gasteiger partial charge in [-0.25, -0.2) is 5.48 Å². The summed E-state index contributed by atoms with van der Waals surface area (Å²) < 4.78 is 0. The molecule has 0 aliphatic rings. The molecule has 3 heteroatoms. The Bertz CT molecular complexity index is 153. The number of hydroxylamine groups is 1. The number of carbonyl (C=O) groups is 1. The molecule has 0 aromatic carbocycles. The summed E-state index contributed by atoms with van der Waals surface area (Å²) in [5.41, 5.74) is 2.01. The minimum absolute atomic E-state index is 0.0568. The summed E-state index contributed by atoms with van der Waals surface area (Å²) in [4.78, 5) is 15.9. The van der Waals surface area contributed by atoms with E-state index in [2.05, 4.69) is 24.2 Å². The van der Waals surface area contributed by atoms with E-state index in [1.54, 1.807) is 0 Å². The highest BCUT2D eigenvalue weighted by molar-refractivity contribution is 5.80. The lowest BCUT2D eigenvalue weighted by atomic mass is 9.83. The summed E-state index contributed by atoms with van der Waals surface area (Å²) >= 11 is 0. The summed E-state index contributed by atoms with van der Waals surface area (Å²) in [7, 11) is 1.45. The average Bonchev–Trinajstić information content (AvgIpc) is 1.85. The zero-order valence-electron chi connectivity index (χ0n) is 8.60. The zero-order chi connectivity index (χ0) is 9.78. The van der Waals surface area contributed by atoms with Gasteiger partial charge in [-0.3, -0.25) is 9.63 Å². The second kappa shape index (κ2) is 4.45. The lowest BCUT2D eigenvalue weighted by Gasteiger charge is -2.24. The molecular formula is C9H19NO2. The maximum atomic E-state index is 11.4. The first kappa shape index (κ1) is 11.4. The van der Waals surface area contributed by atoms with Crippen molar-refractivity contribution in [1.29, 1.82) is 0 Å². The van der Waals surface area contributed by atoms with E-state index in [0.29, 0.717) is 5.92 Å². The molecular weight excluding hydrogens is 154 g/mol. The maximum Gasteiger partial charge on any atom is 0.249 e. The summed E-state index contributed by atoms with van der Waals surface area (Å²) in [6, 6.07) is 0. The molecule has 0 saturated carbocycles. The van der Waals surface area contributed by atoms with Crippen molar-refractivity contribution in [2.24, 2.45) is 11.3 Å². The number of carbonyl (C=O) groups excluding carboxylic acids is 1. The predicted molar refractivity (Wildman–Crippen MR) is 48.4 cm³/mol. The van der Waals surface area contributed by atoms with Gasteiger partial charge in [0.1, 0.15) is 0 Å². The van der Waals surface area contributed by atoms with Crippen molar-refractivity contribution in [3.63, 3.8) is 0 Å². The molecule has 12 heavy (non-hydrogen) atoms. The van der Waals surface area contributed by atoms with Crippen molar-refractivity contribution in [3.05, 3.63) is 0 Å². The minimum Gasteiger partial charge on any atom is -0.277 e. The molecule has 0 aromatic rings. The van der Waals surface area contributed by atoms with Gasteiger partial charge in [-0.05, 0) is 12.3 Å². The lowest BCUT2D eigenvalue weighted by Crippen LogP contribution is -2.37. The number of amides is 1. The van der Waals surface area contributed by atoms with E-state index in [9.17, 15) is 4.79 Å². The third kappa shape index (κ3) is 3.72. The molecule has 3 nitrogen and oxygen atoms in total. The molecule has 0 radical (unpaired) electrons. The van der Waals surface area contributed by atoms with E-state index < -0.39 is 0 Å². The van der Waals surface area contributed by atoms with E-state index in [1.165, 1.54) is 7.11 Å². The van der Waals surface area contributed by atoms with Crippen molar-refractivity contribution in [2.45, 2.75) is 34.1 Å². The van der Waals surface area contributed by atoms with Gasteiger partial charge in [0.2, 0.25) is 5.91 Å². The van der Waals surface area contributed by atoms with Crippen molar-refractivity contribution >= 4 is 5.91 Å². The van der Waals surface area contributed by atoms with Gasteiger partial charge >= 0.3 is 0 Å². The Morgan fingerprint density at radius 2 is 2.00 bits per heavy atom. The smallest absolute Gasteiger partial charge is 0.249 e. The fourth-order valence-electron chi connectivity index (χ4n) is 1.34. The highest BCUT2D eigenvalue weighted by Crippen LogP contribution is 2.25. The molecule has 72 valence electrons. The van der Waals surface area contributed by atoms with Crippen LogP contribution in [0.25, 0.3) is 0 Å². The fourth-order valence-corrected chi connectivity index (χ4v) is 1.34. The largest absolute Gasteiger partial charge is 0.277 e. The number of nitrogens with one attached hydrogen (secondary N) is 1. The highest BCUT2D eigenvalue weighted by atomic mass is 16.6. The SMILES string of the molecule is CONC(=O)C(C)(C)CC(C)C. The maximum absolute atomic E-state index is 11.4. The van der Waals surface area contributed by atoms with Crippen LogP contribution in [0.5, 0.6) is 0 Å². The van der Waals surface area contributed by atoms with Crippen LogP contribution in [-0.4, -0.2) is 13.0 Å². The molecule has 0 saturated heterocycles. The second-order valence-electron chi connectivity index (χ2n) is 4.12. The first-order valence-electron chi connectivity index (χ1n) is 4.23. The molecule has 0 atom stereocenters. The van der Waals surface area contributed by atoms with Crippen LogP contribution in [-0.2, 0) is 9.63 Å². The van der Waals surface area contributed by atoms with Crippen molar-refractivity contribution in [1.82, 2.24) is 5.48 Å². The van der Waals surface area contributed by atoms with Gasteiger partial charge in [-0.15, -0.1) is 0 Å². The fraction of sp³-hybridized carbons (Fsp3) is 0.889. The number of hydrogen-bond acceptors (Lipinski definition) is 2. The van der Waals surface area contributed by atoms with Crippen LogP contribution in [0.2, 0.25) is 0 Å². The summed E-state index contributed by atoms with van der Waals surface area (Å²) in [5, 5.41) is 0.